The van der Waals surface area contributed by atoms with E-state index in [1.165, 1.54) is 0 Å². The number of anilines is 1. The lowest BCUT2D eigenvalue weighted by Gasteiger charge is -2.09. The number of hydrogen-bond donors (Lipinski definition) is 2. The van der Waals surface area contributed by atoms with Crippen molar-refractivity contribution in [1.82, 2.24) is 4.98 Å². The van der Waals surface area contributed by atoms with Crippen LogP contribution in [0.25, 0.3) is 10.9 Å². The normalized spacial score (nSPS) is 11.6. The zero-order chi connectivity index (χ0) is 17.3. The molecule has 0 amide bonds. The minimum Gasteiger partial charge on any atom is -0.322 e. The summed E-state index contributed by atoms with van der Waals surface area (Å²) in [6.45, 7) is 1.72. The van der Waals surface area contributed by atoms with Crippen LogP contribution < -0.4 is 10.3 Å². The van der Waals surface area contributed by atoms with Gasteiger partial charge in [0.15, 0.2) is 0 Å². The molecule has 0 saturated heterocycles. The van der Waals surface area contributed by atoms with Crippen molar-refractivity contribution in [2.24, 2.45) is 0 Å². The Bertz CT molecular complexity index is 1060. The molecule has 0 bridgehead atoms. The van der Waals surface area contributed by atoms with Crippen molar-refractivity contribution in [2.45, 2.75) is 12.7 Å². The van der Waals surface area contributed by atoms with Crippen LogP contribution in [-0.4, -0.2) is 13.4 Å². The van der Waals surface area contributed by atoms with Gasteiger partial charge in [-0.15, -0.1) is 0 Å². The Balaban J connectivity index is 1.86. The van der Waals surface area contributed by atoms with E-state index in [-0.39, 0.29) is 11.3 Å². The third-order valence-corrected chi connectivity index (χ3v) is 5.09. The standard InChI is InChI=1S/C17H15ClN2O3S/c1-11-8-13-4-7-15(9-16(13)19-17(11)21)20-24(22,23)10-12-2-5-14(18)6-3-12/h2-9,20H,10H2,1H3,(H,19,21). The van der Waals surface area contributed by atoms with Crippen LogP contribution in [0.3, 0.4) is 0 Å². The van der Waals surface area contributed by atoms with E-state index in [0.717, 1.165) is 5.39 Å². The third kappa shape index (κ3) is 3.77. The molecule has 0 aliphatic heterocycles. The van der Waals surface area contributed by atoms with Crippen LogP contribution in [0.5, 0.6) is 0 Å². The summed E-state index contributed by atoms with van der Waals surface area (Å²) in [6.07, 6.45) is 0. The Morgan fingerprint density at radius 1 is 1.08 bits per heavy atom. The Morgan fingerprint density at radius 3 is 2.50 bits per heavy atom. The fourth-order valence-corrected chi connectivity index (χ4v) is 3.70. The average molecular weight is 363 g/mol. The van der Waals surface area contributed by atoms with Gasteiger partial charge in [-0.2, -0.15) is 0 Å². The molecule has 0 unspecified atom stereocenters. The van der Waals surface area contributed by atoms with Crippen LogP contribution in [0.1, 0.15) is 11.1 Å². The monoisotopic (exact) mass is 362 g/mol. The predicted octanol–water partition coefficient (Wildman–Crippen LogP) is 3.43. The zero-order valence-corrected chi connectivity index (χ0v) is 14.4. The molecule has 0 spiro atoms. The van der Waals surface area contributed by atoms with Crippen LogP contribution in [-0.2, 0) is 15.8 Å². The minimum absolute atomic E-state index is 0.160. The first-order chi connectivity index (χ1) is 11.3. The number of sulfonamides is 1. The molecule has 0 aliphatic carbocycles. The van der Waals surface area contributed by atoms with Gasteiger partial charge in [-0.25, -0.2) is 8.42 Å². The Kier molecular flexibility index (Phi) is 4.34. The maximum Gasteiger partial charge on any atom is 0.251 e. The average Bonchev–Trinajstić information content (AvgIpc) is 2.50. The lowest BCUT2D eigenvalue weighted by atomic mass is 10.1. The van der Waals surface area contributed by atoms with Gasteiger partial charge in [0.1, 0.15) is 0 Å². The maximum absolute atomic E-state index is 12.3. The Hall–Kier alpha value is -2.31. The number of H-pyrrole nitrogens is 1. The summed E-state index contributed by atoms with van der Waals surface area (Å²) in [5.74, 6) is -0.160. The first kappa shape index (κ1) is 16.5. The number of fused-ring (bicyclic) bond motifs is 1. The van der Waals surface area contributed by atoms with E-state index >= 15 is 0 Å². The van der Waals surface area contributed by atoms with Gasteiger partial charge >= 0.3 is 0 Å². The van der Waals surface area contributed by atoms with Gasteiger partial charge in [-0.3, -0.25) is 9.52 Å². The van der Waals surface area contributed by atoms with Crippen LogP contribution in [0, 0.1) is 6.92 Å². The van der Waals surface area contributed by atoms with E-state index in [1.54, 1.807) is 55.5 Å². The number of rotatable bonds is 4. The highest BCUT2D eigenvalue weighted by Gasteiger charge is 2.12. The SMILES string of the molecule is Cc1cc2ccc(NS(=O)(=O)Cc3ccc(Cl)cc3)cc2[nH]c1=O. The molecule has 0 radical (unpaired) electrons. The van der Waals surface area contributed by atoms with Gasteiger partial charge in [0.2, 0.25) is 10.0 Å². The molecule has 7 heteroatoms. The van der Waals surface area contributed by atoms with Crippen LogP contribution >= 0.6 is 11.6 Å². The molecule has 0 aliphatic rings. The second kappa shape index (κ2) is 6.30. The molecule has 1 heterocycles. The minimum atomic E-state index is -3.57. The Morgan fingerprint density at radius 2 is 1.79 bits per heavy atom. The van der Waals surface area contributed by atoms with Crippen molar-refractivity contribution >= 4 is 38.2 Å². The number of halogens is 1. The molecular weight excluding hydrogens is 348 g/mol. The van der Waals surface area contributed by atoms with Crippen molar-refractivity contribution in [2.75, 3.05) is 4.72 Å². The van der Waals surface area contributed by atoms with Crippen LogP contribution in [0.4, 0.5) is 5.69 Å². The lowest BCUT2D eigenvalue weighted by molar-refractivity contribution is 0.600. The highest BCUT2D eigenvalue weighted by Crippen LogP contribution is 2.19. The fourth-order valence-electron chi connectivity index (χ4n) is 2.39. The lowest BCUT2D eigenvalue weighted by Crippen LogP contribution is -2.15. The molecule has 3 aromatic rings. The number of aryl methyl sites for hydroxylation is 1. The fraction of sp³-hybridized carbons (Fsp3) is 0.118. The number of pyridine rings is 1. The molecule has 3 rings (SSSR count). The smallest absolute Gasteiger partial charge is 0.251 e. The van der Waals surface area contributed by atoms with Crippen LogP contribution in [0.2, 0.25) is 5.02 Å². The van der Waals surface area contributed by atoms with Gasteiger partial charge < -0.3 is 4.98 Å². The number of aromatic amines is 1. The summed E-state index contributed by atoms with van der Waals surface area (Å²) in [4.78, 5) is 14.4. The molecule has 124 valence electrons. The second-order valence-electron chi connectivity index (χ2n) is 5.57. The maximum atomic E-state index is 12.3. The first-order valence-corrected chi connectivity index (χ1v) is 9.24. The molecule has 0 saturated carbocycles. The highest BCUT2D eigenvalue weighted by atomic mass is 35.5. The van der Waals surface area contributed by atoms with E-state index in [1.807, 2.05) is 0 Å². The van der Waals surface area contributed by atoms with Gasteiger partial charge in [0.05, 0.1) is 17.0 Å². The predicted molar refractivity (Wildman–Crippen MR) is 97.0 cm³/mol. The molecule has 0 fully saturated rings. The molecule has 1 aromatic heterocycles. The van der Waals surface area contributed by atoms with E-state index in [9.17, 15) is 13.2 Å². The molecule has 2 N–H and O–H groups in total. The summed E-state index contributed by atoms with van der Waals surface area (Å²) < 4.78 is 27.1. The molecule has 5 nitrogen and oxygen atoms in total. The van der Waals surface area contributed by atoms with Crippen molar-refractivity contribution < 1.29 is 8.42 Å². The molecule has 2 aromatic carbocycles. The number of nitrogens with one attached hydrogen (secondary N) is 2. The summed E-state index contributed by atoms with van der Waals surface area (Å²) in [7, 11) is -3.57. The van der Waals surface area contributed by atoms with Crippen molar-refractivity contribution in [3.63, 3.8) is 0 Å². The van der Waals surface area contributed by atoms with E-state index < -0.39 is 10.0 Å². The number of benzene rings is 2. The van der Waals surface area contributed by atoms with Crippen molar-refractivity contribution in [1.29, 1.82) is 0 Å². The number of aromatic nitrogens is 1. The summed E-state index contributed by atoms with van der Waals surface area (Å²) in [5, 5.41) is 1.39. The summed E-state index contributed by atoms with van der Waals surface area (Å²) in [5.41, 5.74) is 2.03. The van der Waals surface area contributed by atoms with Crippen molar-refractivity contribution in [3.05, 3.63) is 75.0 Å². The topological polar surface area (TPSA) is 79.0 Å². The van der Waals surface area contributed by atoms with E-state index in [4.69, 9.17) is 11.6 Å². The van der Waals surface area contributed by atoms with Crippen LogP contribution in [0.15, 0.2) is 53.3 Å². The number of hydrogen-bond acceptors (Lipinski definition) is 3. The quantitative estimate of drug-likeness (QED) is 0.746. The first-order valence-electron chi connectivity index (χ1n) is 7.21. The second-order valence-corrected chi connectivity index (χ2v) is 7.73. The summed E-state index contributed by atoms with van der Waals surface area (Å²) >= 11 is 5.80. The van der Waals surface area contributed by atoms with E-state index in [2.05, 4.69) is 9.71 Å². The zero-order valence-electron chi connectivity index (χ0n) is 12.8. The van der Waals surface area contributed by atoms with E-state index in [0.29, 0.717) is 27.4 Å². The van der Waals surface area contributed by atoms with Gasteiger partial charge in [-0.1, -0.05) is 29.8 Å². The largest absolute Gasteiger partial charge is 0.322 e. The van der Waals surface area contributed by atoms with Gasteiger partial charge in [0.25, 0.3) is 5.56 Å². The molecule has 24 heavy (non-hydrogen) atoms. The van der Waals surface area contributed by atoms with Crippen molar-refractivity contribution in [3.8, 4) is 0 Å². The van der Waals surface area contributed by atoms with Gasteiger partial charge in [0, 0.05) is 10.6 Å². The summed E-state index contributed by atoms with van der Waals surface area (Å²) in [6, 6.07) is 13.4. The molecule has 0 atom stereocenters. The molecular formula is C17H15ClN2O3S. The van der Waals surface area contributed by atoms with Gasteiger partial charge in [-0.05, 0) is 48.2 Å². The third-order valence-electron chi connectivity index (χ3n) is 3.57. The highest BCUT2D eigenvalue weighted by molar-refractivity contribution is 7.91. The Labute approximate surface area is 144 Å².